The lowest BCUT2D eigenvalue weighted by atomic mass is 10.0. The topological polar surface area (TPSA) is 85.4 Å². The number of carbonyl (C=O) groups is 1. The molecule has 1 atom stereocenters. The summed E-state index contributed by atoms with van der Waals surface area (Å²) in [6.07, 6.45) is 6.12. The lowest BCUT2D eigenvalue weighted by Crippen LogP contribution is -2.32. The largest absolute Gasteiger partial charge is 0.453 e. The van der Waals surface area contributed by atoms with Crippen molar-refractivity contribution in [3.8, 4) is 0 Å². The normalized spacial score (nSPS) is 16.0. The number of carbonyl (C=O) groups excluding carboxylic acids is 1. The van der Waals surface area contributed by atoms with Crippen molar-refractivity contribution >= 4 is 5.91 Å². The summed E-state index contributed by atoms with van der Waals surface area (Å²) in [4.78, 5) is 15.3. The summed E-state index contributed by atoms with van der Waals surface area (Å²) in [5.74, 6) is 3.42. The molecule has 1 amide bonds. The van der Waals surface area contributed by atoms with E-state index in [1.54, 1.807) is 19.2 Å². The van der Waals surface area contributed by atoms with E-state index >= 15 is 0 Å². The molecule has 1 unspecified atom stereocenters. The highest BCUT2D eigenvalue weighted by Crippen LogP contribution is 2.23. The summed E-state index contributed by atoms with van der Waals surface area (Å²) in [7, 11) is 1.60. The molecule has 0 radical (unpaired) electrons. The molecule has 2 aromatic heterocycles. The van der Waals surface area contributed by atoms with Gasteiger partial charge in [-0.15, -0.1) is 10.2 Å². The van der Waals surface area contributed by atoms with Crippen LogP contribution >= 0.6 is 0 Å². The van der Waals surface area contributed by atoms with Gasteiger partial charge in [0.15, 0.2) is 11.6 Å². The number of hydrogen-bond acceptors (Lipinski definition) is 6. The fraction of sp³-hybridized carbons (Fsp3) is 0.625. The summed E-state index contributed by atoms with van der Waals surface area (Å²) in [6, 6.07) is 3.22. The molecule has 1 aliphatic heterocycles. The van der Waals surface area contributed by atoms with E-state index in [2.05, 4.69) is 64.8 Å². The van der Waals surface area contributed by atoms with Gasteiger partial charge in [-0.3, -0.25) is 9.69 Å². The Morgan fingerprint density at radius 3 is 2.75 bits per heavy atom. The fourth-order valence-corrected chi connectivity index (χ4v) is 3.96. The molecular formula is C24H37N5O3. The Hall–Kier alpha value is -2.45. The minimum Gasteiger partial charge on any atom is -0.453 e. The van der Waals surface area contributed by atoms with Crippen LogP contribution in [0.1, 0.15) is 68.1 Å². The fourth-order valence-electron chi connectivity index (χ4n) is 3.96. The van der Waals surface area contributed by atoms with Crippen molar-refractivity contribution in [3.05, 3.63) is 47.5 Å². The summed E-state index contributed by atoms with van der Waals surface area (Å²) in [5.41, 5.74) is 0. The highest BCUT2D eigenvalue weighted by molar-refractivity contribution is 5.91. The van der Waals surface area contributed by atoms with Crippen LogP contribution < -0.4 is 5.32 Å². The van der Waals surface area contributed by atoms with E-state index in [-0.39, 0.29) is 17.7 Å². The van der Waals surface area contributed by atoms with Crippen LogP contribution in [0.2, 0.25) is 0 Å². The first-order valence-electron chi connectivity index (χ1n) is 11.6. The van der Waals surface area contributed by atoms with Gasteiger partial charge in [-0.05, 0) is 30.4 Å². The molecule has 8 nitrogen and oxygen atoms in total. The molecule has 32 heavy (non-hydrogen) atoms. The molecule has 1 N–H and O–H groups in total. The molecule has 0 saturated carbocycles. The van der Waals surface area contributed by atoms with Crippen molar-refractivity contribution in [1.29, 1.82) is 0 Å². The third-order valence-corrected chi connectivity index (χ3v) is 5.53. The van der Waals surface area contributed by atoms with Gasteiger partial charge in [0.05, 0.1) is 6.04 Å². The average molecular weight is 444 g/mol. The number of fused-ring (bicyclic) bond motifs is 1. The average Bonchev–Trinajstić information content (AvgIpc) is 3.31. The Bertz CT molecular complexity index is 899. The molecule has 2 aromatic rings. The van der Waals surface area contributed by atoms with Crippen molar-refractivity contribution < 1.29 is 13.9 Å². The van der Waals surface area contributed by atoms with Crippen LogP contribution in [0.3, 0.4) is 0 Å². The molecule has 3 rings (SSSR count). The molecule has 0 aromatic carbocycles. The predicted molar refractivity (Wildman–Crippen MR) is 123 cm³/mol. The van der Waals surface area contributed by atoms with Gasteiger partial charge in [0, 0.05) is 39.7 Å². The van der Waals surface area contributed by atoms with Gasteiger partial charge in [-0.25, -0.2) is 0 Å². The summed E-state index contributed by atoms with van der Waals surface area (Å²) in [5, 5.41) is 12.1. The van der Waals surface area contributed by atoms with E-state index in [4.69, 9.17) is 9.15 Å². The van der Waals surface area contributed by atoms with Crippen molar-refractivity contribution in [2.24, 2.45) is 11.8 Å². The first kappa shape index (κ1) is 24.2. The third kappa shape index (κ3) is 6.53. The van der Waals surface area contributed by atoms with Crippen LogP contribution in [0, 0.1) is 11.8 Å². The molecule has 0 spiro atoms. The smallest absolute Gasteiger partial charge is 0.287 e. The standard InChI is InChI=1S/C24H37N5O3/c1-17(2)7-6-11-28-12-10-22-26-27-23(29(22)14-13-28)20(15-18(3)4)25-24(30)21-9-8-19(32-21)16-31-5/h6-9,17-18,20H,10-16H2,1-5H3,(H,25,30)/b7-6+. The maximum atomic E-state index is 12.9. The summed E-state index contributed by atoms with van der Waals surface area (Å²) >= 11 is 0. The minimum atomic E-state index is -0.246. The number of aromatic nitrogens is 3. The number of hydrogen-bond donors (Lipinski definition) is 1. The van der Waals surface area contributed by atoms with Crippen molar-refractivity contribution in [2.75, 3.05) is 26.7 Å². The highest BCUT2D eigenvalue weighted by atomic mass is 16.5. The number of amides is 1. The minimum absolute atomic E-state index is 0.230. The SMILES string of the molecule is COCc1ccc(C(=O)NC(CC(C)C)c2nnc3n2CCN(C/C=C/C(C)C)CC3)o1. The predicted octanol–water partition coefficient (Wildman–Crippen LogP) is 3.61. The Labute approximate surface area is 191 Å². The zero-order valence-corrected chi connectivity index (χ0v) is 20.0. The molecule has 3 heterocycles. The Balaban J connectivity index is 1.72. The van der Waals surface area contributed by atoms with Gasteiger partial charge < -0.3 is 19.0 Å². The van der Waals surface area contributed by atoms with Gasteiger partial charge in [-0.2, -0.15) is 0 Å². The zero-order chi connectivity index (χ0) is 23.1. The summed E-state index contributed by atoms with van der Waals surface area (Å²) < 4.78 is 12.9. The molecule has 1 aliphatic rings. The third-order valence-electron chi connectivity index (χ3n) is 5.53. The molecule has 176 valence electrons. The van der Waals surface area contributed by atoms with Crippen molar-refractivity contribution in [3.63, 3.8) is 0 Å². The highest BCUT2D eigenvalue weighted by Gasteiger charge is 2.27. The Morgan fingerprint density at radius 1 is 1.22 bits per heavy atom. The van der Waals surface area contributed by atoms with E-state index in [0.717, 1.165) is 50.7 Å². The van der Waals surface area contributed by atoms with Gasteiger partial charge in [0.1, 0.15) is 18.2 Å². The monoisotopic (exact) mass is 443 g/mol. The number of ether oxygens (including phenoxy) is 1. The number of furan rings is 1. The lowest BCUT2D eigenvalue weighted by molar-refractivity contribution is 0.0892. The maximum absolute atomic E-state index is 12.9. The molecule has 0 fully saturated rings. The van der Waals surface area contributed by atoms with Crippen LogP contribution in [-0.4, -0.2) is 52.3 Å². The molecule has 0 saturated heterocycles. The van der Waals surface area contributed by atoms with E-state index in [0.29, 0.717) is 24.2 Å². The first-order chi connectivity index (χ1) is 15.4. The molecular weight excluding hydrogens is 406 g/mol. The van der Waals surface area contributed by atoms with Crippen LogP contribution in [0.4, 0.5) is 0 Å². The summed E-state index contributed by atoms with van der Waals surface area (Å²) in [6.45, 7) is 12.7. The Morgan fingerprint density at radius 2 is 2.03 bits per heavy atom. The van der Waals surface area contributed by atoms with E-state index in [1.807, 2.05) is 0 Å². The quantitative estimate of drug-likeness (QED) is 0.565. The molecule has 0 aliphatic carbocycles. The Kier molecular flexibility index (Phi) is 8.64. The van der Waals surface area contributed by atoms with Crippen LogP contribution in [0.5, 0.6) is 0 Å². The maximum Gasteiger partial charge on any atom is 0.287 e. The zero-order valence-electron chi connectivity index (χ0n) is 20.0. The first-order valence-corrected chi connectivity index (χ1v) is 11.6. The number of nitrogens with one attached hydrogen (secondary N) is 1. The number of methoxy groups -OCH3 is 1. The lowest BCUT2D eigenvalue weighted by Gasteiger charge is -2.21. The molecule has 0 bridgehead atoms. The van der Waals surface area contributed by atoms with E-state index in [9.17, 15) is 4.79 Å². The van der Waals surface area contributed by atoms with Crippen molar-refractivity contribution in [1.82, 2.24) is 25.0 Å². The molecule has 8 heteroatoms. The number of allylic oxidation sites excluding steroid dienone is 1. The van der Waals surface area contributed by atoms with Crippen LogP contribution in [0.15, 0.2) is 28.7 Å². The van der Waals surface area contributed by atoms with Gasteiger partial charge in [-0.1, -0.05) is 39.8 Å². The van der Waals surface area contributed by atoms with Crippen LogP contribution in [-0.2, 0) is 24.3 Å². The van der Waals surface area contributed by atoms with Crippen LogP contribution in [0.25, 0.3) is 0 Å². The number of nitrogens with zero attached hydrogens (tertiary/aromatic N) is 4. The van der Waals surface area contributed by atoms with Crippen molar-refractivity contribution in [2.45, 2.75) is 59.7 Å². The van der Waals surface area contributed by atoms with E-state index < -0.39 is 0 Å². The van der Waals surface area contributed by atoms with E-state index in [1.165, 1.54) is 0 Å². The number of rotatable bonds is 10. The second-order valence-electron chi connectivity index (χ2n) is 9.20. The van der Waals surface area contributed by atoms with Gasteiger partial charge in [0.25, 0.3) is 5.91 Å². The second-order valence-corrected chi connectivity index (χ2v) is 9.20. The van der Waals surface area contributed by atoms with Gasteiger partial charge >= 0.3 is 0 Å². The van der Waals surface area contributed by atoms with Gasteiger partial charge in [0.2, 0.25) is 0 Å². The second kappa shape index (κ2) is 11.4.